The molecule has 2 heterocycles. The van der Waals surface area contributed by atoms with Crippen molar-refractivity contribution < 1.29 is 81.3 Å². The number of ether oxygens (including phenoxy) is 3. The zero-order valence-corrected chi connectivity index (χ0v) is 68.0. The molecular weight excluding hydrogens is 1380 g/mol. The monoisotopic (exact) mass is 1510 g/mol. The maximum Gasteiger partial charge on any atom is 0.410 e. The Balaban J connectivity index is 2.29. The molecular formula is C77H127N13O17. The van der Waals surface area contributed by atoms with Crippen LogP contribution in [0.4, 0.5) is 4.79 Å². The highest BCUT2D eigenvalue weighted by atomic mass is 16.6. The first kappa shape index (κ1) is 92.5. The van der Waals surface area contributed by atoms with Crippen LogP contribution in [0.15, 0.2) is 42.5 Å². The molecule has 0 spiro atoms. The zero-order valence-electron chi connectivity index (χ0n) is 68.0. The van der Waals surface area contributed by atoms with Crippen LogP contribution in [-0.4, -0.2) is 276 Å². The van der Waals surface area contributed by atoms with E-state index in [9.17, 15) is 43.2 Å². The Morgan fingerprint density at radius 3 is 1.52 bits per heavy atom. The molecule has 0 radical (unpaired) electrons. The quantitative estimate of drug-likeness (QED) is 0.0858. The summed E-state index contributed by atoms with van der Waals surface area (Å²) in [5, 5.41) is 13.7. The van der Waals surface area contributed by atoms with E-state index in [0.717, 1.165) is 22.3 Å². The summed E-state index contributed by atoms with van der Waals surface area (Å²) in [6, 6.07) is -5.82. The minimum atomic E-state index is -1.68. The molecule has 0 bridgehead atoms. The molecule has 0 aromatic heterocycles. The van der Waals surface area contributed by atoms with Crippen molar-refractivity contribution in [2.75, 3.05) is 81.7 Å². The van der Waals surface area contributed by atoms with Gasteiger partial charge in [0, 0.05) is 81.3 Å². The third-order valence-corrected chi connectivity index (χ3v) is 19.9. The molecule has 14 atom stereocenters. The van der Waals surface area contributed by atoms with Crippen LogP contribution in [-0.2, 0) is 83.1 Å². The smallest absolute Gasteiger partial charge is 0.410 e. The molecule has 0 saturated carbocycles. The van der Waals surface area contributed by atoms with Gasteiger partial charge in [-0.3, -0.25) is 62.3 Å². The average molecular weight is 1510 g/mol. The van der Waals surface area contributed by atoms with Crippen LogP contribution in [0.5, 0.6) is 0 Å². The van der Waals surface area contributed by atoms with Crippen molar-refractivity contribution in [3.05, 3.63) is 48.0 Å². The van der Waals surface area contributed by atoms with Gasteiger partial charge in [-0.15, -0.1) is 0 Å². The Morgan fingerprint density at radius 2 is 1.01 bits per heavy atom. The fraction of sp³-hybridized carbons (Fsp3) is 0.714. The van der Waals surface area contributed by atoms with E-state index in [1.54, 1.807) is 67.5 Å². The molecule has 0 aliphatic carbocycles. The Hall–Kier alpha value is -8.70. The Labute approximate surface area is 634 Å². The number of esters is 1. The van der Waals surface area contributed by atoms with Crippen LogP contribution < -0.4 is 26.6 Å². The summed E-state index contributed by atoms with van der Waals surface area (Å²) in [7, 11) is 8.29. The van der Waals surface area contributed by atoms with E-state index in [1.165, 1.54) is 92.5 Å². The zero-order chi connectivity index (χ0) is 81.3. The SMILES string of the molecule is C/C=C/C[C@@H](C)[C@@H](OC(C)=O)[C@H]1C(=O)N[C@@H](CC)C(=O)N(C)[C@H](C)C(=O)N[C@@H]([C@H](C)COCC(=O)N2CCN(C(=O)OCc3ccccc3)CC2)C(=O)N[C@@H](C(C)C)C(=O)N(C)[C@@H](CC(C)C)C(=O)N[C@@H](C)C(=O)N[C@H](C)C(=O)N(C)[C@@H](CC(C)C)C(=O)N(C)[C@@H](CC(C)C)C(=O)N(C)[C@@H](C(C)C)C(=O)N1C. The molecule has 602 valence electrons. The number of rotatable bonds is 21. The number of benzene rings is 1. The molecule has 2 saturated heterocycles. The Morgan fingerprint density at radius 1 is 0.514 bits per heavy atom. The molecule has 13 amide bonds. The predicted molar refractivity (Wildman–Crippen MR) is 403 cm³/mol. The van der Waals surface area contributed by atoms with Crippen LogP contribution in [0.25, 0.3) is 0 Å². The van der Waals surface area contributed by atoms with Crippen LogP contribution in [0.2, 0.25) is 0 Å². The second-order valence-corrected chi connectivity index (χ2v) is 30.8. The summed E-state index contributed by atoms with van der Waals surface area (Å²) in [5.41, 5.74) is 0.813. The third-order valence-electron chi connectivity index (χ3n) is 19.9. The molecule has 2 aliphatic heterocycles. The van der Waals surface area contributed by atoms with Gasteiger partial charge in [-0.05, 0) is 101 Å². The van der Waals surface area contributed by atoms with Crippen molar-refractivity contribution >= 4 is 82.9 Å². The van der Waals surface area contributed by atoms with Gasteiger partial charge < -0.3 is 80.0 Å². The van der Waals surface area contributed by atoms with Gasteiger partial charge in [0.05, 0.1) is 6.61 Å². The summed E-state index contributed by atoms with van der Waals surface area (Å²) in [6.07, 6.45) is 2.10. The van der Waals surface area contributed by atoms with E-state index < -0.39 is 186 Å². The molecule has 2 aliphatic rings. The highest BCUT2D eigenvalue weighted by molar-refractivity contribution is 6.00. The molecule has 30 heteroatoms. The molecule has 3 rings (SSSR count). The van der Waals surface area contributed by atoms with Crippen molar-refractivity contribution in [1.29, 1.82) is 0 Å². The first-order valence-corrected chi connectivity index (χ1v) is 37.7. The van der Waals surface area contributed by atoms with E-state index in [1.807, 2.05) is 71.9 Å². The highest BCUT2D eigenvalue weighted by Crippen LogP contribution is 2.27. The van der Waals surface area contributed by atoms with Gasteiger partial charge in [0.25, 0.3) is 0 Å². The maximum absolute atomic E-state index is 15.6. The lowest BCUT2D eigenvalue weighted by molar-refractivity contribution is -0.164. The minimum Gasteiger partial charge on any atom is -0.459 e. The highest BCUT2D eigenvalue weighted by Gasteiger charge is 2.47. The van der Waals surface area contributed by atoms with Gasteiger partial charge in [0.15, 0.2) is 0 Å². The largest absolute Gasteiger partial charge is 0.459 e. The van der Waals surface area contributed by atoms with E-state index in [4.69, 9.17) is 14.2 Å². The number of hydrogen-bond acceptors (Lipinski definition) is 17. The van der Waals surface area contributed by atoms with E-state index in [2.05, 4.69) is 26.6 Å². The summed E-state index contributed by atoms with van der Waals surface area (Å²) < 4.78 is 17.4. The molecule has 30 nitrogen and oxygen atoms in total. The molecule has 2 fully saturated rings. The number of amides is 13. The molecule has 1 aromatic rings. The van der Waals surface area contributed by atoms with Gasteiger partial charge in [0.2, 0.25) is 70.9 Å². The van der Waals surface area contributed by atoms with Crippen LogP contribution in [0, 0.1) is 41.4 Å². The summed E-state index contributed by atoms with van der Waals surface area (Å²) >= 11 is 0. The second-order valence-electron chi connectivity index (χ2n) is 30.8. The van der Waals surface area contributed by atoms with Gasteiger partial charge in [0.1, 0.15) is 85.8 Å². The number of allylic oxidation sites excluding steroid dienone is 2. The van der Waals surface area contributed by atoms with Crippen LogP contribution in [0.1, 0.15) is 162 Å². The summed E-state index contributed by atoms with van der Waals surface area (Å²) in [6.45, 7) is 29.8. The standard InChI is InChI=1S/C77H127N13O17/c1-25-27-31-49(13)65(107-54(18)91)64-70(97)80-56(26-2)72(99)83(19)53(17)67(94)82-62(50(14)41-105-43-60(92)89-34-36-90(37-35-89)77(104)106-42-55-32-29-28-30-33-55)69(96)81-61(47(9)10)75(102)84(20)57(38-44(3)4)68(95)78-51(15)66(93)79-52(16)71(98)85(21)58(39-45(5)6)73(100)86(22)59(40-46(7)8)74(101)87(23)63(48(11)12)76(103)88(64)24/h25,27-30,32-33,44-53,56-59,61-65H,26,31,34-43H2,1-24H3,(H,78,95)(H,79,93)(H,80,97)(H,81,96)(H,82,94)/b27-25+/t49-,50-,51+,52-,53-,56+,57+,58+,59+,61+,62+,63+,64+,65-/m1/s1. The number of hydrogen-bond donors (Lipinski definition) is 5. The van der Waals surface area contributed by atoms with E-state index in [0.29, 0.717) is 0 Å². The normalized spacial score (nSPS) is 25.4. The van der Waals surface area contributed by atoms with Gasteiger partial charge >= 0.3 is 12.1 Å². The third kappa shape index (κ3) is 26.6. The van der Waals surface area contributed by atoms with Crippen molar-refractivity contribution in [3.63, 3.8) is 0 Å². The van der Waals surface area contributed by atoms with Gasteiger partial charge in [-0.25, -0.2) is 4.79 Å². The molecule has 0 unspecified atom stereocenters. The second kappa shape index (κ2) is 43.3. The summed E-state index contributed by atoms with van der Waals surface area (Å²) in [5.74, 6) is -13.3. The fourth-order valence-corrected chi connectivity index (χ4v) is 13.1. The Bertz CT molecular complexity index is 3230. The lowest BCUT2D eigenvalue weighted by Gasteiger charge is -2.42. The Kier molecular flexibility index (Phi) is 37.5. The van der Waals surface area contributed by atoms with Gasteiger partial charge in [-0.1, -0.05) is 132 Å². The lowest BCUT2D eigenvalue weighted by atomic mass is 9.91. The molecule has 107 heavy (non-hydrogen) atoms. The first-order chi connectivity index (χ1) is 49.9. The number of carbonyl (C=O) groups excluding carboxylic acids is 14. The number of nitrogens with zero attached hydrogens (tertiary/aromatic N) is 8. The number of likely N-dealkylation sites (N-methyl/N-ethyl adjacent to an activating group) is 6. The minimum absolute atomic E-state index is 0.0734. The average Bonchev–Trinajstić information content (AvgIpc) is 0.784. The number of nitrogens with one attached hydrogen (secondary N) is 5. The van der Waals surface area contributed by atoms with Crippen LogP contribution in [0.3, 0.4) is 0 Å². The molecule has 1 aromatic carbocycles. The number of piperazine rings is 1. The van der Waals surface area contributed by atoms with Crippen molar-refractivity contribution in [1.82, 2.24) is 65.8 Å². The maximum atomic E-state index is 15.6. The predicted octanol–water partition coefficient (Wildman–Crippen LogP) is 3.97. The van der Waals surface area contributed by atoms with E-state index >= 15 is 24.0 Å². The van der Waals surface area contributed by atoms with Crippen molar-refractivity contribution in [2.45, 2.75) is 236 Å². The fourth-order valence-electron chi connectivity index (χ4n) is 13.1. The molecule has 5 N–H and O–H groups in total. The van der Waals surface area contributed by atoms with E-state index in [-0.39, 0.29) is 89.3 Å². The number of carbonyl (C=O) groups is 14. The van der Waals surface area contributed by atoms with Crippen LogP contribution >= 0.6 is 0 Å². The van der Waals surface area contributed by atoms with Crippen molar-refractivity contribution in [2.24, 2.45) is 41.4 Å². The first-order valence-electron chi connectivity index (χ1n) is 37.7. The van der Waals surface area contributed by atoms with Gasteiger partial charge in [-0.2, -0.15) is 0 Å². The summed E-state index contributed by atoms with van der Waals surface area (Å²) in [4.78, 5) is 214. The topological polar surface area (TPSA) is 353 Å². The lowest BCUT2D eigenvalue weighted by Crippen LogP contribution is -2.64. The van der Waals surface area contributed by atoms with Crippen molar-refractivity contribution in [3.8, 4) is 0 Å².